The molecule has 0 bridgehead atoms. The Morgan fingerprint density at radius 1 is 0.875 bits per heavy atom. The van der Waals surface area contributed by atoms with Crippen LogP contribution in [0.3, 0.4) is 0 Å². The molecule has 6 nitrogen and oxygen atoms in total. The first-order chi connectivity index (χ1) is 15.8. The zero-order valence-electron chi connectivity index (χ0n) is 17.7. The third kappa shape index (κ3) is 4.31. The Morgan fingerprint density at radius 3 is 2.38 bits per heavy atom. The first-order valence-corrected chi connectivity index (χ1v) is 10.8. The van der Waals surface area contributed by atoms with Crippen molar-refractivity contribution in [2.24, 2.45) is 0 Å². The van der Waals surface area contributed by atoms with Crippen molar-refractivity contribution < 1.29 is 9.21 Å². The maximum Gasteiger partial charge on any atom is 0.254 e. The van der Waals surface area contributed by atoms with Gasteiger partial charge in [0.2, 0.25) is 5.89 Å². The lowest BCUT2D eigenvalue weighted by Crippen LogP contribution is -2.48. The summed E-state index contributed by atoms with van der Waals surface area (Å²) in [6.45, 7) is 3.94. The van der Waals surface area contributed by atoms with Crippen LogP contribution in [0.15, 0.2) is 89.7 Å². The molecule has 3 heterocycles. The molecule has 1 aliphatic rings. The number of hydrogen-bond donors (Lipinski definition) is 0. The number of amides is 1. The predicted molar refractivity (Wildman–Crippen MR) is 123 cm³/mol. The average molecular weight is 425 g/mol. The second-order valence-corrected chi connectivity index (χ2v) is 7.87. The molecule has 4 aromatic rings. The SMILES string of the molecule is O=C(c1ccccc1-c1ncc(-c2ccccc2)o1)N1CCN(Cc2ccncc2)CC1. The second kappa shape index (κ2) is 9.16. The quantitative estimate of drug-likeness (QED) is 0.476. The fourth-order valence-electron chi connectivity index (χ4n) is 4.02. The van der Waals surface area contributed by atoms with E-state index in [1.165, 1.54) is 5.56 Å². The van der Waals surface area contributed by atoms with Gasteiger partial charge in [-0.2, -0.15) is 0 Å². The molecule has 0 spiro atoms. The van der Waals surface area contributed by atoms with Crippen LogP contribution in [0.2, 0.25) is 0 Å². The van der Waals surface area contributed by atoms with Gasteiger partial charge in [0.1, 0.15) is 0 Å². The molecule has 2 aromatic carbocycles. The molecule has 32 heavy (non-hydrogen) atoms. The van der Waals surface area contributed by atoms with E-state index in [0.717, 1.165) is 30.8 Å². The summed E-state index contributed by atoms with van der Waals surface area (Å²) >= 11 is 0. The number of nitrogens with zero attached hydrogens (tertiary/aromatic N) is 4. The predicted octanol–water partition coefficient (Wildman–Crippen LogP) is 4.36. The largest absolute Gasteiger partial charge is 0.436 e. The van der Waals surface area contributed by atoms with Crippen LogP contribution in [0.25, 0.3) is 22.8 Å². The summed E-state index contributed by atoms with van der Waals surface area (Å²) in [5, 5.41) is 0. The van der Waals surface area contributed by atoms with E-state index >= 15 is 0 Å². The number of benzene rings is 2. The van der Waals surface area contributed by atoms with Gasteiger partial charge in [0.25, 0.3) is 5.91 Å². The minimum Gasteiger partial charge on any atom is -0.436 e. The number of carbonyl (C=O) groups excluding carboxylic acids is 1. The Bertz CT molecular complexity index is 1180. The summed E-state index contributed by atoms with van der Waals surface area (Å²) in [4.78, 5) is 26.2. The minimum atomic E-state index is 0.0172. The molecule has 5 rings (SSSR count). The number of piperazine rings is 1. The summed E-state index contributed by atoms with van der Waals surface area (Å²) in [6.07, 6.45) is 5.35. The van der Waals surface area contributed by atoms with Crippen molar-refractivity contribution in [3.63, 3.8) is 0 Å². The molecule has 0 radical (unpaired) electrons. The van der Waals surface area contributed by atoms with Crippen LogP contribution in [-0.2, 0) is 6.54 Å². The van der Waals surface area contributed by atoms with Crippen molar-refractivity contribution >= 4 is 5.91 Å². The number of rotatable bonds is 5. The number of carbonyl (C=O) groups is 1. The Labute approximate surface area is 187 Å². The molecule has 0 saturated carbocycles. The Balaban J connectivity index is 1.30. The van der Waals surface area contributed by atoms with Gasteiger partial charge in [0, 0.05) is 56.2 Å². The van der Waals surface area contributed by atoms with E-state index < -0.39 is 0 Å². The topological polar surface area (TPSA) is 62.5 Å². The van der Waals surface area contributed by atoms with Gasteiger partial charge in [-0.1, -0.05) is 42.5 Å². The molecule has 160 valence electrons. The van der Waals surface area contributed by atoms with Crippen molar-refractivity contribution in [2.75, 3.05) is 26.2 Å². The molecule has 1 fully saturated rings. The zero-order valence-corrected chi connectivity index (χ0v) is 17.7. The molecule has 1 aliphatic heterocycles. The highest BCUT2D eigenvalue weighted by molar-refractivity contribution is 6.00. The smallest absolute Gasteiger partial charge is 0.254 e. The summed E-state index contributed by atoms with van der Waals surface area (Å²) in [7, 11) is 0. The van der Waals surface area contributed by atoms with Crippen molar-refractivity contribution in [2.45, 2.75) is 6.54 Å². The van der Waals surface area contributed by atoms with Gasteiger partial charge in [0.15, 0.2) is 5.76 Å². The summed E-state index contributed by atoms with van der Waals surface area (Å²) < 4.78 is 6.02. The zero-order chi connectivity index (χ0) is 21.8. The molecule has 0 N–H and O–H groups in total. The van der Waals surface area contributed by atoms with Crippen LogP contribution in [0.1, 0.15) is 15.9 Å². The second-order valence-electron chi connectivity index (χ2n) is 7.87. The van der Waals surface area contributed by atoms with E-state index in [9.17, 15) is 4.79 Å². The van der Waals surface area contributed by atoms with Gasteiger partial charge in [-0.05, 0) is 29.8 Å². The molecule has 1 saturated heterocycles. The van der Waals surface area contributed by atoms with Crippen LogP contribution in [0.4, 0.5) is 0 Å². The highest BCUT2D eigenvalue weighted by Gasteiger charge is 2.25. The summed E-state index contributed by atoms with van der Waals surface area (Å²) in [5.41, 5.74) is 3.54. The molecule has 2 aromatic heterocycles. The van der Waals surface area contributed by atoms with Gasteiger partial charge >= 0.3 is 0 Å². The van der Waals surface area contributed by atoms with Crippen LogP contribution in [-0.4, -0.2) is 51.9 Å². The fourth-order valence-corrected chi connectivity index (χ4v) is 4.02. The Hall–Kier alpha value is -3.77. The third-order valence-corrected chi connectivity index (χ3v) is 5.77. The van der Waals surface area contributed by atoms with Crippen molar-refractivity contribution in [1.82, 2.24) is 19.8 Å². The highest BCUT2D eigenvalue weighted by Crippen LogP contribution is 2.29. The van der Waals surface area contributed by atoms with Gasteiger partial charge < -0.3 is 9.32 Å². The third-order valence-electron chi connectivity index (χ3n) is 5.77. The standard InChI is InChI=1S/C26H24N4O2/c31-26(30-16-14-29(15-17-30)19-20-10-12-27-13-11-20)23-9-5-4-8-22(23)25-28-18-24(32-25)21-6-2-1-3-7-21/h1-13,18H,14-17,19H2. The Morgan fingerprint density at radius 2 is 1.59 bits per heavy atom. The first kappa shape index (κ1) is 20.2. The molecule has 0 aliphatic carbocycles. The van der Waals surface area contributed by atoms with Crippen LogP contribution >= 0.6 is 0 Å². The van der Waals surface area contributed by atoms with Gasteiger partial charge in [-0.3, -0.25) is 14.7 Å². The maximum atomic E-state index is 13.4. The lowest BCUT2D eigenvalue weighted by molar-refractivity contribution is 0.0629. The molecular formula is C26H24N4O2. The minimum absolute atomic E-state index is 0.0172. The van der Waals surface area contributed by atoms with E-state index in [4.69, 9.17) is 4.42 Å². The molecule has 6 heteroatoms. The van der Waals surface area contributed by atoms with Crippen molar-refractivity contribution in [1.29, 1.82) is 0 Å². The number of oxazole rings is 1. The van der Waals surface area contributed by atoms with Gasteiger partial charge in [0.05, 0.1) is 11.8 Å². The normalized spacial score (nSPS) is 14.4. The average Bonchev–Trinajstić information content (AvgIpc) is 3.36. The highest BCUT2D eigenvalue weighted by atomic mass is 16.4. The maximum absolute atomic E-state index is 13.4. The lowest BCUT2D eigenvalue weighted by atomic mass is 10.1. The number of pyridine rings is 1. The molecular weight excluding hydrogens is 400 g/mol. The first-order valence-electron chi connectivity index (χ1n) is 10.8. The Kier molecular flexibility index (Phi) is 5.77. The number of hydrogen-bond acceptors (Lipinski definition) is 5. The van der Waals surface area contributed by atoms with E-state index in [0.29, 0.717) is 30.3 Å². The summed E-state index contributed by atoms with van der Waals surface area (Å²) in [5.74, 6) is 1.17. The fraction of sp³-hybridized carbons (Fsp3) is 0.192. The van der Waals surface area contributed by atoms with E-state index in [1.54, 1.807) is 6.20 Å². The molecule has 0 unspecified atom stereocenters. The van der Waals surface area contributed by atoms with E-state index in [2.05, 4.69) is 14.9 Å². The molecule has 1 amide bonds. The van der Waals surface area contributed by atoms with Gasteiger partial charge in [-0.15, -0.1) is 0 Å². The summed E-state index contributed by atoms with van der Waals surface area (Å²) in [6, 6.07) is 21.5. The van der Waals surface area contributed by atoms with Crippen LogP contribution in [0, 0.1) is 0 Å². The molecule has 0 atom stereocenters. The van der Waals surface area contributed by atoms with Crippen molar-refractivity contribution in [3.05, 3.63) is 96.4 Å². The van der Waals surface area contributed by atoms with Crippen LogP contribution < -0.4 is 0 Å². The van der Waals surface area contributed by atoms with Crippen LogP contribution in [0.5, 0.6) is 0 Å². The van der Waals surface area contributed by atoms with Gasteiger partial charge in [-0.25, -0.2) is 4.98 Å². The monoisotopic (exact) mass is 424 g/mol. The lowest BCUT2D eigenvalue weighted by Gasteiger charge is -2.35. The van der Waals surface area contributed by atoms with E-state index in [1.807, 2.05) is 84.0 Å². The number of aromatic nitrogens is 2. The van der Waals surface area contributed by atoms with Crippen molar-refractivity contribution in [3.8, 4) is 22.8 Å². The van der Waals surface area contributed by atoms with E-state index in [-0.39, 0.29) is 5.91 Å².